The third-order valence-corrected chi connectivity index (χ3v) is 6.41. The molecule has 2 fully saturated rings. The van der Waals surface area contributed by atoms with Crippen LogP contribution in [0.3, 0.4) is 0 Å². The van der Waals surface area contributed by atoms with E-state index in [1.807, 2.05) is 0 Å². The zero-order chi connectivity index (χ0) is 17.3. The molecule has 0 aliphatic carbocycles. The summed E-state index contributed by atoms with van der Waals surface area (Å²) in [5.41, 5.74) is 0.112. The van der Waals surface area contributed by atoms with Crippen LogP contribution in [-0.4, -0.2) is 71.2 Å². The quantitative estimate of drug-likeness (QED) is 0.794. The largest absolute Gasteiger partial charge is 0.336 e. The van der Waals surface area contributed by atoms with Crippen LogP contribution in [0.5, 0.6) is 0 Å². The SMILES string of the molecule is O=C(c1ccn(CC(F)F)n1)N1CCCC(N2CCCS2(=O)=O)C1. The van der Waals surface area contributed by atoms with Crippen LogP contribution in [0, 0.1) is 0 Å². The molecule has 7 nitrogen and oxygen atoms in total. The van der Waals surface area contributed by atoms with Crippen molar-refractivity contribution in [2.24, 2.45) is 0 Å². The second-order valence-electron chi connectivity index (χ2n) is 6.14. The molecule has 2 aliphatic rings. The molecule has 0 spiro atoms. The summed E-state index contributed by atoms with van der Waals surface area (Å²) in [5.74, 6) is -0.181. The van der Waals surface area contributed by atoms with Crippen LogP contribution >= 0.6 is 0 Å². The summed E-state index contributed by atoms with van der Waals surface area (Å²) < 4.78 is 51.4. The van der Waals surface area contributed by atoms with Crippen LogP contribution in [0.1, 0.15) is 29.8 Å². The van der Waals surface area contributed by atoms with Crippen molar-refractivity contribution in [2.45, 2.75) is 38.3 Å². The van der Waals surface area contributed by atoms with Gasteiger partial charge >= 0.3 is 0 Å². The number of hydrogen-bond acceptors (Lipinski definition) is 4. The van der Waals surface area contributed by atoms with Crippen molar-refractivity contribution in [1.29, 1.82) is 0 Å². The fourth-order valence-electron chi connectivity index (χ4n) is 3.32. The van der Waals surface area contributed by atoms with Crippen LogP contribution in [-0.2, 0) is 16.6 Å². The third kappa shape index (κ3) is 3.59. The molecule has 1 aromatic rings. The Hall–Kier alpha value is -1.55. The van der Waals surface area contributed by atoms with Gasteiger partial charge in [-0.05, 0) is 25.3 Å². The molecule has 134 valence electrons. The first kappa shape index (κ1) is 17.3. The fourth-order valence-corrected chi connectivity index (χ4v) is 5.09. The minimum Gasteiger partial charge on any atom is -0.336 e. The number of sulfonamides is 1. The molecule has 0 bridgehead atoms. The lowest BCUT2D eigenvalue weighted by atomic mass is 10.1. The van der Waals surface area contributed by atoms with Gasteiger partial charge in [0.25, 0.3) is 12.3 Å². The van der Waals surface area contributed by atoms with Gasteiger partial charge in [-0.25, -0.2) is 17.2 Å². The van der Waals surface area contributed by atoms with Gasteiger partial charge < -0.3 is 4.90 Å². The van der Waals surface area contributed by atoms with Crippen LogP contribution in [0.15, 0.2) is 12.3 Å². The minimum absolute atomic E-state index is 0.112. The Morgan fingerprint density at radius 2 is 2.12 bits per heavy atom. The molecule has 1 unspecified atom stereocenters. The van der Waals surface area contributed by atoms with Gasteiger partial charge in [0.05, 0.1) is 5.75 Å². The van der Waals surface area contributed by atoms with Gasteiger partial charge in [-0.15, -0.1) is 0 Å². The third-order valence-electron chi connectivity index (χ3n) is 4.41. The Labute approximate surface area is 139 Å². The number of nitrogens with zero attached hydrogens (tertiary/aromatic N) is 4. The van der Waals surface area contributed by atoms with E-state index in [4.69, 9.17) is 0 Å². The number of piperidine rings is 1. The Balaban J connectivity index is 1.68. The van der Waals surface area contributed by atoms with Crippen molar-refractivity contribution in [2.75, 3.05) is 25.4 Å². The molecule has 1 atom stereocenters. The van der Waals surface area contributed by atoms with E-state index in [0.29, 0.717) is 32.5 Å². The highest BCUT2D eigenvalue weighted by atomic mass is 32.2. The lowest BCUT2D eigenvalue weighted by Gasteiger charge is -2.36. The highest BCUT2D eigenvalue weighted by molar-refractivity contribution is 7.89. The van der Waals surface area contributed by atoms with E-state index in [0.717, 1.165) is 11.1 Å². The van der Waals surface area contributed by atoms with Crippen molar-refractivity contribution in [3.63, 3.8) is 0 Å². The average molecular weight is 362 g/mol. The maximum absolute atomic E-state index is 12.5. The molecule has 0 aromatic carbocycles. The standard InChI is InChI=1S/C14H20F2N4O3S/c15-13(16)10-19-7-4-12(17-19)14(21)18-5-1-3-11(9-18)20-6-2-8-24(20,22)23/h4,7,11,13H,1-3,5-6,8-10H2. The fraction of sp³-hybridized carbons (Fsp3) is 0.714. The molecule has 0 radical (unpaired) electrons. The number of halogens is 2. The van der Waals surface area contributed by atoms with Crippen LogP contribution in [0.2, 0.25) is 0 Å². The minimum atomic E-state index is -3.22. The van der Waals surface area contributed by atoms with E-state index < -0.39 is 23.0 Å². The van der Waals surface area contributed by atoms with E-state index >= 15 is 0 Å². The number of alkyl halides is 2. The number of rotatable bonds is 4. The normalized spacial score (nSPS) is 24.6. The highest BCUT2D eigenvalue weighted by Crippen LogP contribution is 2.24. The Bertz CT molecular complexity index is 707. The molecule has 1 aromatic heterocycles. The first-order valence-electron chi connectivity index (χ1n) is 7.97. The number of amides is 1. The summed E-state index contributed by atoms with van der Waals surface area (Å²) in [6.07, 6.45) is 0.868. The van der Waals surface area contributed by atoms with Gasteiger partial charge in [0.2, 0.25) is 10.0 Å². The van der Waals surface area contributed by atoms with Gasteiger partial charge in [-0.2, -0.15) is 9.40 Å². The number of carbonyl (C=O) groups excluding carboxylic acids is 1. The lowest BCUT2D eigenvalue weighted by molar-refractivity contribution is 0.0649. The molecular formula is C14H20F2N4O3S. The van der Waals surface area contributed by atoms with E-state index in [1.165, 1.54) is 16.6 Å². The highest BCUT2D eigenvalue weighted by Gasteiger charge is 2.37. The summed E-state index contributed by atoms with van der Waals surface area (Å²) in [6, 6.07) is 1.21. The number of likely N-dealkylation sites (tertiary alicyclic amines) is 1. The van der Waals surface area contributed by atoms with Crippen LogP contribution < -0.4 is 0 Å². The van der Waals surface area contributed by atoms with Crippen molar-refractivity contribution in [1.82, 2.24) is 19.0 Å². The maximum Gasteiger partial charge on any atom is 0.274 e. The van der Waals surface area contributed by atoms with E-state index in [-0.39, 0.29) is 23.4 Å². The molecule has 0 saturated carbocycles. The molecular weight excluding hydrogens is 342 g/mol. The number of hydrogen-bond donors (Lipinski definition) is 0. The molecule has 3 heterocycles. The van der Waals surface area contributed by atoms with Crippen molar-refractivity contribution in [3.05, 3.63) is 18.0 Å². The van der Waals surface area contributed by atoms with Crippen LogP contribution in [0.25, 0.3) is 0 Å². The van der Waals surface area contributed by atoms with Gasteiger partial charge in [0.15, 0.2) is 0 Å². The Morgan fingerprint density at radius 3 is 2.79 bits per heavy atom. The van der Waals surface area contributed by atoms with E-state index in [2.05, 4.69) is 5.10 Å². The maximum atomic E-state index is 12.5. The predicted octanol–water partition coefficient (Wildman–Crippen LogP) is 0.788. The van der Waals surface area contributed by atoms with Crippen molar-refractivity contribution >= 4 is 15.9 Å². The zero-order valence-corrected chi connectivity index (χ0v) is 14.0. The van der Waals surface area contributed by atoms with Crippen LogP contribution in [0.4, 0.5) is 8.78 Å². The van der Waals surface area contributed by atoms with Gasteiger partial charge in [0, 0.05) is 31.9 Å². The second kappa shape index (κ2) is 6.75. The van der Waals surface area contributed by atoms with E-state index in [1.54, 1.807) is 4.90 Å². The summed E-state index contributed by atoms with van der Waals surface area (Å²) in [5, 5.41) is 3.89. The topological polar surface area (TPSA) is 75.5 Å². The number of aromatic nitrogens is 2. The first-order chi connectivity index (χ1) is 11.4. The smallest absolute Gasteiger partial charge is 0.274 e. The monoisotopic (exact) mass is 362 g/mol. The molecule has 3 rings (SSSR count). The zero-order valence-electron chi connectivity index (χ0n) is 13.1. The summed E-state index contributed by atoms with van der Waals surface area (Å²) in [6.45, 7) is 0.782. The first-order valence-corrected chi connectivity index (χ1v) is 9.58. The van der Waals surface area contributed by atoms with Crippen molar-refractivity contribution < 1.29 is 22.0 Å². The molecule has 10 heteroatoms. The summed E-state index contributed by atoms with van der Waals surface area (Å²) >= 11 is 0. The van der Waals surface area contributed by atoms with Gasteiger partial charge in [0.1, 0.15) is 12.2 Å². The summed E-state index contributed by atoms with van der Waals surface area (Å²) in [7, 11) is -3.22. The molecule has 2 aliphatic heterocycles. The summed E-state index contributed by atoms with van der Waals surface area (Å²) in [4.78, 5) is 14.1. The number of carbonyl (C=O) groups is 1. The molecule has 1 amide bonds. The molecule has 24 heavy (non-hydrogen) atoms. The molecule has 0 N–H and O–H groups in total. The Morgan fingerprint density at radius 1 is 1.33 bits per heavy atom. The average Bonchev–Trinajstić information content (AvgIpc) is 3.12. The van der Waals surface area contributed by atoms with E-state index in [9.17, 15) is 22.0 Å². The lowest BCUT2D eigenvalue weighted by Crippen LogP contribution is -2.50. The van der Waals surface area contributed by atoms with Crippen molar-refractivity contribution in [3.8, 4) is 0 Å². The Kier molecular flexibility index (Phi) is 4.86. The van der Waals surface area contributed by atoms with Gasteiger partial charge in [-0.1, -0.05) is 0 Å². The van der Waals surface area contributed by atoms with Gasteiger partial charge in [-0.3, -0.25) is 9.48 Å². The second-order valence-corrected chi connectivity index (χ2v) is 8.18. The predicted molar refractivity (Wildman–Crippen MR) is 82.3 cm³/mol. The molecule has 2 saturated heterocycles.